The number of hydrazone groups is 1. The molecule has 0 heterocycles. The van der Waals surface area contributed by atoms with Crippen molar-refractivity contribution in [1.82, 2.24) is 5.43 Å². The third-order valence-corrected chi connectivity index (χ3v) is 2.05. The predicted octanol–water partition coefficient (Wildman–Crippen LogP) is 1.92. The molecule has 0 aliphatic rings. The molecule has 68 valence electrons. The van der Waals surface area contributed by atoms with Gasteiger partial charge in [0.25, 0.3) is 0 Å². The Morgan fingerprint density at radius 2 is 2.23 bits per heavy atom. The third kappa shape index (κ3) is 3.38. The Kier molecular flexibility index (Phi) is 3.64. The highest BCUT2D eigenvalue weighted by atomic mass is 79.9. The number of hydrogen-bond donors (Lipinski definition) is 1. The van der Waals surface area contributed by atoms with Crippen LogP contribution >= 0.6 is 15.9 Å². The average Bonchev–Trinajstić information content (AvgIpc) is 2.08. The molecule has 0 radical (unpaired) electrons. The first-order valence-electron chi connectivity index (χ1n) is 3.74. The Morgan fingerprint density at radius 1 is 1.54 bits per heavy atom. The number of nitrogens with zero attached hydrogens (tertiary/aromatic N) is 1. The molecule has 1 N–H and O–H groups in total. The van der Waals surface area contributed by atoms with Crippen LogP contribution < -0.4 is 5.43 Å². The fourth-order valence-electron chi connectivity index (χ4n) is 0.773. The number of amides is 1. The van der Waals surface area contributed by atoms with E-state index in [1.807, 2.05) is 24.3 Å². The minimum Gasteiger partial charge on any atom is -0.274 e. The van der Waals surface area contributed by atoms with Crippen molar-refractivity contribution in [2.24, 2.45) is 5.10 Å². The van der Waals surface area contributed by atoms with E-state index in [2.05, 4.69) is 26.5 Å². The van der Waals surface area contributed by atoms with Gasteiger partial charge in [-0.25, -0.2) is 5.43 Å². The standard InChI is InChI=1S/C9H9BrN2O/c1-7(13)12-11-6-8-4-2-3-5-9(8)10/h2-6H,1H3,(H,12,13)/b11-6+. The molecule has 1 rings (SSSR count). The van der Waals surface area contributed by atoms with Crippen molar-refractivity contribution in [1.29, 1.82) is 0 Å². The molecule has 0 unspecified atom stereocenters. The zero-order chi connectivity index (χ0) is 9.68. The first kappa shape index (κ1) is 9.92. The van der Waals surface area contributed by atoms with Gasteiger partial charge in [-0.15, -0.1) is 0 Å². The van der Waals surface area contributed by atoms with Crippen molar-refractivity contribution in [2.45, 2.75) is 6.92 Å². The summed E-state index contributed by atoms with van der Waals surface area (Å²) in [6, 6.07) is 7.63. The maximum atomic E-state index is 10.5. The van der Waals surface area contributed by atoms with E-state index in [0.717, 1.165) is 10.0 Å². The highest BCUT2D eigenvalue weighted by Gasteiger charge is 1.93. The minimum atomic E-state index is -0.177. The van der Waals surface area contributed by atoms with Crippen molar-refractivity contribution in [3.05, 3.63) is 34.3 Å². The zero-order valence-electron chi connectivity index (χ0n) is 7.12. The van der Waals surface area contributed by atoms with Gasteiger partial charge in [-0.1, -0.05) is 34.1 Å². The lowest BCUT2D eigenvalue weighted by Gasteiger charge is -1.95. The molecule has 0 saturated carbocycles. The second-order valence-corrected chi connectivity index (χ2v) is 3.30. The second kappa shape index (κ2) is 4.77. The van der Waals surface area contributed by atoms with Gasteiger partial charge < -0.3 is 0 Å². The summed E-state index contributed by atoms with van der Waals surface area (Å²) < 4.78 is 0.948. The van der Waals surface area contributed by atoms with Crippen LogP contribution in [-0.4, -0.2) is 12.1 Å². The van der Waals surface area contributed by atoms with Crippen LogP contribution in [0.25, 0.3) is 0 Å². The number of nitrogens with one attached hydrogen (secondary N) is 1. The van der Waals surface area contributed by atoms with Crippen LogP contribution in [0.1, 0.15) is 12.5 Å². The molecule has 4 heteroatoms. The summed E-state index contributed by atoms with van der Waals surface area (Å²) >= 11 is 3.36. The first-order chi connectivity index (χ1) is 6.20. The molecule has 0 aliphatic heterocycles. The summed E-state index contributed by atoms with van der Waals surface area (Å²) in [6.45, 7) is 1.41. The van der Waals surface area contributed by atoms with E-state index in [-0.39, 0.29) is 5.91 Å². The average molecular weight is 241 g/mol. The van der Waals surface area contributed by atoms with Gasteiger partial charge in [-0.2, -0.15) is 5.10 Å². The Balaban J connectivity index is 2.68. The topological polar surface area (TPSA) is 41.5 Å². The van der Waals surface area contributed by atoms with E-state index >= 15 is 0 Å². The van der Waals surface area contributed by atoms with Crippen LogP contribution in [0.15, 0.2) is 33.8 Å². The van der Waals surface area contributed by atoms with Gasteiger partial charge in [-0.05, 0) is 6.07 Å². The van der Waals surface area contributed by atoms with E-state index in [9.17, 15) is 4.79 Å². The van der Waals surface area contributed by atoms with Crippen LogP contribution in [0.2, 0.25) is 0 Å². The number of halogens is 1. The molecule has 1 aromatic rings. The van der Waals surface area contributed by atoms with Gasteiger partial charge in [0.2, 0.25) is 5.91 Å². The highest BCUT2D eigenvalue weighted by Crippen LogP contribution is 2.13. The van der Waals surface area contributed by atoms with E-state index < -0.39 is 0 Å². The monoisotopic (exact) mass is 240 g/mol. The molecule has 13 heavy (non-hydrogen) atoms. The van der Waals surface area contributed by atoms with Crippen molar-refractivity contribution < 1.29 is 4.79 Å². The SMILES string of the molecule is CC(=O)N/N=C/c1ccccc1Br. The molecule has 0 bridgehead atoms. The lowest BCUT2D eigenvalue weighted by Crippen LogP contribution is -2.12. The molecule has 0 spiro atoms. The Bertz CT molecular complexity index is 336. The maximum Gasteiger partial charge on any atom is 0.236 e. The van der Waals surface area contributed by atoms with E-state index in [1.54, 1.807) is 6.21 Å². The predicted molar refractivity (Wildman–Crippen MR) is 55.6 cm³/mol. The fourth-order valence-corrected chi connectivity index (χ4v) is 1.16. The van der Waals surface area contributed by atoms with E-state index in [4.69, 9.17) is 0 Å². The van der Waals surface area contributed by atoms with Gasteiger partial charge in [-0.3, -0.25) is 4.79 Å². The van der Waals surface area contributed by atoms with Crippen molar-refractivity contribution in [3.8, 4) is 0 Å². The molecule has 3 nitrogen and oxygen atoms in total. The summed E-state index contributed by atoms with van der Waals surface area (Å²) in [6.07, 6.45) is 1.59. The summed E-state index contributed by atoms with van der Waals surface area (Å²) in [7, 11) is 0. The lowest BCUT2D eigenvalue weighted by atomic mass is 10.2. The van der Waals surface area contributed by atoms with Crippen LogP contribution in [0.4, 0.5) is 0 Å². The van der Waals surface area contributed by atoms with Crippen LogP contribution in [0, 0.1) is 0 Å². The van der Waals surface area contributed by atoms with Gasteiger partial charge in [0.05, 0.1) is 6.21 Å². The molecule has 0 saturated heterocycles. The van der Waals surface area contributed by atoms with E-state index in [0.29, 0.717) is 0 Å². The quantitative estimate of drug-likeness (QED) is 0.623. The van der Waals surface area contributed by atoms with Gasteiger partial charge in [0, 0.05) is 17.0 Å². The molecule has 1 amide bonds. The smallest absolute Gasteiger partial charge is 0.236 e. The van der Waals surface area contributed by atoms with E-state index in [1.165, 1.54) is 6.92 Å². The van der Waals surface area contributed by atoms with Crippen molar-refractivity contribution >= 4 is 28.1 Å². The summed E-state index contributed by atoms with van der Waals surface area (Å²) in [5, 5.41) is 3.75. The molecule has 1 aromatic carbocycles. The van der Waals surface area contributed by atoms with Crippen LogP contribution in [0.5, 0.6) is 0 Å². The Hall–Kier alpha value is -1.16. The number of hydrogen-bond acceptors (Lipinski definition) is 2. The lowest BCUT2D eigenvalue weighted by molar-refractivity contribution is -0.118. The largest absolute Gasteiger partial charge is 0.274 e. The van der Waals surface area contributed by atoms with Crippen molar-refractivity contribution in [3.63, 3.8) is 0 Å². The minimum absolute atomic E-state index is 0.177. The van der Waals surface area contributed by atoms with Crippen LogP contribution in [-0.2, 0) is 4.79 Å². The number of benzene rings is 1. The van der Waals surface area contributed by atoms with Gasteiger partial charge >= 0.3 is 0 Å². The zero-order valence-corrected chi connectivity index (χ0v) is 8.71. The first-order valence-corrected chi connectivity index (χ1v) is 4.53. The summed E-state index contributed by atoms with van der Waals surface area (Å²) in [5.41, 5.74) is 3.26. The summed E-state index contributed by atoms with van der Waals surface area (Å²) in [5.74, 6) is -0.177. The normalized spacial score (nSPS) is 10.3. The molecule has 0 atom stereocenters. The summed E-state index contributed by atoms with van der Waals surface area (Å²) in [4.78, 5) is 10.5. The number of carbonyl (C=O) groups excluding carboxylic acids is 1. The second-order valence-electron chi connectivity index (χ2n) is 2.45. The molecule has 0 fully saturated rings. The third-order valence-electron chi connectivity index (χ3n) is 1.33. The highest BCUT2D eigenvalue weighted by molar-refractivity contribution is 9.10. The molecule has 0 aromatic heterocycles. The number of carbonyl (C=O) groups is 1. The van der Waals surface area contributed by atoms with Crippen molar-refractivity contribution in [2.75, 3.05) is 0 Å². The fraction of sp³-hybridized carbons (Fsp3) is 0.111. The van der Waals surface area contributed by atoms with Crippen LogP contribution in [0.3, 0.4) is 0 Å². The van der Waals surface area contributed by atoms with Gasteiger partial charge in [0.15, 0.2) is 0 Å². The molecular weight excluding hydrogens is 232 g/mol. The van der Waals surface area contributed by atoms with Gasteiger partial charge in [0.1, 0.15) is 0 Å². The number of rotatable bonds is 2. The Morgan fingerprint density at radius 3 is 2.85 bits per heavy atom. The molecular formula is C9H9BrN2O. The molecule has 0 aliphatic carbocycles. The maximum absolute atomic E-state index is 10.5. The Labute approximate surface area is 85.0 Å².